The fourth-order valence-corrected chi connectivity index (χ4v) is 1.68. The van der Waals surface area contributed by atoms with E-state index in [1.807, 2.05) is 6.07 Å². The van der Waals surface area contributed by atoms with Gasteiger partial charge in [-0.2, -0.15) is 10.2 Å². The molecule has 2 N–H and O–H groups in total. The van der Waals surface area contributed by atoms with Crippen LogP contribution in [0.15, 0.2) is 42.7 Å². The van der Waals surface area contributed by atoms with Crippen molar-refractivity contribution in [3.63, 3.8) is 0 Å². The monoisotopic (exact) mass is 271 g/mol. The lowest BCUT2D eigenvalue weighted by atomic mass is 10.1. The van der Waals surface area contributed by atoms with Crippen LogP contribution in [0.2, 0.25) is 0 Å². The van der Waals surface area contributed by atoms with Crippen LogP contribution in [-0.4, -0.2) is 27.2 Å². The Balaban J connectivity index is 2.04. The second-order valence-electron chi connectivity index (χ2n) is 4.18. The Bertz CT molecular complexity index is 614. The first-order valence-corrected chi connectivity index (χ1v) is 6.04. The SMILES string of the molecule is O=C(O)CCc1cccc(NC(=O)c2ccnnc2)c1. The zero-order valence-corrected chi connectivity index (χ0v) is 10.6. The first kappa shape index (κ1) is 13.7. The van der Waals surface area contributed by atoms with Crippen LogP contribution in [-0.2, 0) is 11.2 Å². The Morgan fingerprint density at radius 2 is 2.05 bits per heavy atom. The second kappa shape index (κ2) is 6.42. The molecule has 2 aromatic rings. The van der Waals surface area contributed by atoms with Crippen molar-refractivity contribution < 1.29 is 14.7 Å². The molecule has 102 valence electrons. The van der Waals surface area contributed by atoms with E-state index in [9.17, 15) is 9.59 Å². The smallest absolute Gasteiger partial charge is 0.303 e. The molecule has 1 heterocycles. The highest BCUT2D eigenvalue weighted by atomic mass is 16.4. The van der Waals surface area contributed by atoms with E-state index in [0.29, 0.717) is 17.7 Å². The van der Waals surface area contributed by atoms with Crippen molar-refractivity contribution >= 4 is 17.6 Å². The van der Waals surface area contributed by atoms with Crippen LogP contribution in [0.1, 0.15) is 22.3 Å². The minimum Gasteiger partial charge on any atom is -0.481 e. The predicted octanol–water partition coefficient (Wildman–Crippen LogP) is 1.75. The minimum atomic E-state index is -0.845. The summed E-state index contributed by atoms with van der Waals surface area (Å²) >= 11 is 0. The van der Waals surface area contributed by atoms with Crippen molar-refractivity contribution in [3.8, 4) is 0 Å². The van der Waals surface area contributed by atoms with Gasteiger partial charge in [-0.05, 0) is 30.2 Å². The number of carbonyl (C=O) groups is 2. The van der Waals surface area contributed by atoms with E-state index >= 15 is 0 Å². The van der Waals surface area contributed by atoms with Crippen LogP contribution in [0.5, 0.6) is 0 Å². The molecule has 0 aliphatic rings. The van der Waals surface area contributed by atoms with Crippen molar-refractivity contribution in [3.05, 3.63) is 53.9 Å². The fourth-order valence-electron chi connectivity index (χ4n) is 1.68. The predicted molar refractivity (Wildman–Crippen MR) is 72.4 cm³/mol. The first-order valence-electron chi connectivity index (χ1n) is 6.04. The number of benzene rings is 1. The molecule has 0 radical (unpaired) electrons. The Hall–Kier alpha value is -2.76. The van der Waals surface area contributed by atoms with Crippen LogP contribution < -0.4 is 5.32 Å². The van der Waals surface area contributed by atoms with Crippen molar-refractivity contribution in [2.75, 3.05) is 5.32 Å². The van der Waals surface area contributed by atoms with Gasteiger partial charge in [-0.15, -0.1) is 0 Å². The topological polar surface area (TPSA) is 92.2 Å². The maximum absolute atomic E-state index is 11.9. The summed E-state index contributed by atoms with van der Waals surface area (Å²) in [6.07, 6.45) is 3.31. The van der Waals surface area contributed by atoms with Crippen LogP contribution in [0.4, 0.5) is 5.69 Å². The second-order valence-corrected chi connectivity index (χ2v) is 4.18. The summed E-state index contributed by atoms with van der Waals surface area (Å²) in [4.78, 5) is 22.5. The molecular weight excluding hydrogens is 258 g/mol. The number of aliphatic carboxylic acids is 1. The van der Waals surface area contributed by atoms with Crippen LogP contribution in [0.3, 0.4) is 0 Å². The van der Waals surface area contributed by atoms with Gasteiger partial charge < -0.3 is 10.4 Å². The Morgan fingerprint density at radius 3 is 2.75 bits per heavy atom. The standard InChI is InChI=1S/C14H13N3O3/c18-13(19)5-4-10-2-1-3-12(8-10)17-14(20)11-6-7-15-16-9-11/h1-3,6-9H,4-5H2,(H,17,20)(H,18,19). The number of aromatic nitrogens is 2. The van der Waals surface area contributed by atoms with Gasteiger partial charge in [0, 0.05) is 12.1 Å². The average molecular weight is 271 g/mol. The van der Waals surface area contributed by atoms with Crippen molar-refractivity contribution in [2.45, 2.75) is 12.8 Å². The summed E-state index contributed by atoms with van der Waals surface area (Å²) in [7, 11) is 0. The molecule has 20 heavy (non-hydrogen) atoms. The van der Waals surface area contributed by atoms with Gasteiger partial charge in [-0.25, -0.2) is 0 Å². The number of carbonyl (C=O) groups excluding carboxylic acids is 1. The summed E-state index contributed by atoms with van der Waals surface area (Å²) in [6.45, 7) is 0. The van der Waals surface area contributed by atoms with E-state index in [1.54, 1.807) is 24.3 Å². The number of anilines is 1. The minimum absolute atomic E-state index is 0.0612. The van der Waals surface area contributed by atoms with Crippen LogP contribution in [0.25, 0.3) is 0 Å². The fraction of sp³-hybridized carbons (Fsp3) is 0.143. The van der Waals surface area contributed by atoms with E-state index in [2.05, 4.69) is 15.5 Å². The van der Waals surface area contributed by atoms with Crippen molar-refractivity contribution in [1.29, 1.82) is 0 Å². The van der Waals surface area contributed by atoms with E-state index in [0.717, 1.165) is 5.56 Å². The van der Waals surface area contributed by atoms with Gasteiger partial charge in [0.15, 0.2) is 0 Å². The number of hydrogen-bond acceptors (Lipinski definition) is 4. The van der Waals surface area contributed by atoms with Gasteiger partial charge in [-0.3, -0.25) is 9.59 Å². The molecule has 0 aliphatic heterocycles. The van der Waals surface area contributed by atoms with Crippen molar-refractivity contribution in [1.82, 2.24) is 10.2 Å². The summed E-state index contributed by atoms with van der Waals surface area (Å²) < 4.78 is 0. The maximum Gasteiger partial charge on any atom is 0.303 e. The average Bonchev–Trinajstić information content (AvgIpc) is 2.46. The van der Waals surface area contributed by atoms with E-state index in [4.69, 9.17) is 5.11 Å². The number of nitrogens with zero attached hydrogens (tertiary/aromatic N) is 2. The van der Waals surface area contributed by atoms with Gasteiger partial charge in [0.05, 0.1) is 18.0 Å². The molecular formula is C14H13N3O3. The quantitative estimate of drug-likeness (QED) is 0.864. The van der Waals surface area contributed by atoms with E-state index < -0.39 is 5.97 Å². The van der Waals surface area contributed by atoms with Crippen LogP contribution >= 0.6 is 0 Å². The third-order valence-corrected chi connectivity index (χ3v) is 2.66. The lowest BCUT2D eigenvalue weighted by Crippen LogP contribution is -2.12. The van der Waals surface area contributed by atoms with Crippen LogP contribution in [0, 0.1) is 0 Å². The summed E-state index contributed by atoms with van der Waals surface area (Å²) in [5.74, 6) is -1.13. The summed E-state index contributed by atoms with van der Waals surface area (Å²) in [5.41, 5.74) is 1.89. The lowest BCUT2D eigenvalue weighted by molar-refractivity contribution is -0.136. The van der Waals surface area contributed by atoms with E-state index in [1.165, 1.54) is 12.4 Å². The molecule has 2 rings (SSSR count). The molecule has 0 fully saturated rings. The molecule has 0 atom stereocenters. The van der Waals surface area contributed by atoms with Crippen molar-refractivity contribution in [2.24, 2.45) is 0 Å². The first-order chi connectivity index (χ1) is 9.65. The van der Waals surface area contributed by atoms with E-state index in [-0.39, 0.29) is 12.3 Å². The zero-order valence-electron chi connectivity index (χ0n) is 10.6. The molecule has 6 heteroatoms. The highest BCUT2D eigenvalue weighted by molar-refractivity contribution is 6.03. The highest BCUT2D eigenvalue weighted by Crippen LogP contribution is 2.13. The molecule has 0 aliphatic carbocycles. The molecule has 0 bridgehead atoms. The third kappa shape index (κ3) is 3.88. The molecule has 1 aromatic heterocycles. The number of hydrogen-bond donors (Lipinski definition) is 2. The number of carboxylic acid groups (broad SMARTS) is 1. The summed E-state index contributed by atoms with van der Waals surface area (Å²) in [6, 6.07) is 8.67. The lowest BCUT2D eigenvalue weighted by Gasteiger charge is -2.06. The zero-order chi connectivity index (χ0) is 14.4. The van der Waals surface area contributed by atoms with Gasteiger partial charge in [0.25, 0.3) is 5.91 Å². The molecule has 0 saturated heterocycles. The summed E-state index contributed by atoms with van der Waals surface area (Å²) in [5, 5.41) is 18.6. The number of nitrogens with one attached hydrogen (secondary N) is 1. The molecule has 0 unspecified atom stereocenters. The van der Waals surface area contributed by atoms with Gasteiger partial charge in [-0.1, -0.05) is 12.1 Å². The molecule has 0 saturated carbocycles. The number of aryl methyl sites for hydroxylation is 1. The molecule has 1 amide bonds. The largest absolute Gasteiger partial charge is 0.481 e. The number of amides is 1. The van der Waals surface area contributed by atoms with Gasteiger partial charge >= 0.3 is 5.97 Å². The normalized spacial score (nSPS) is 10.0. The molecule has 0 spiro atoms. The van der Waals surface area contributed by atoms with Gasteiger partial charge in [0.2, 0.25) is 0 Å². The maximum atomic E-state index is 11.9. The highest BCUT2D eigenvalue weighted by Gasteiger charge is 2.06. The third-order valence-electron chi connectivity index (χ3n) is 2.66. The molecule has 6 nitrogen and oxygen atoms in total. The molecule has 1 aromatic carbocycles. The number of rotatable bonds is 5. The Labute approximate surface area is 115 Å². The number of carboxylic acids is 1. The Morgan fingerprint density at radius 1 is 1.20 bits per heavy atom. The Kier molecular flexibility index (Phi) is 4.39. The van der Waals surface area contributed by atoms with Gasteiger partial charge in [0.1, 0.15) is 0 Å².